The van der Waals surface area contributed by atoms with Crippen LogP contribution >= 0.6 is 34.4 Å². The molecule has 2 rings (SSSR count). The van der Waals surface area contributed by atoms with Gasteiger partial charge in [-0.25, -0.2) is 4.79 Å². The van der Waals surface area contributed by atoms with E-state index in [9.17, 15) is 19.5 Å². The van der Waals surface area contributed by atoms with E-state index >= 15 is 0 Å². The number of benzene rings is 1. The first-order valence-corrected chi connectivity index (χ1v) is 9.19. The van der Waals surface area contributed by atoms with Gasteiger partial charge in [0.05, 0.1) is 22.2 Å². The van der Waals surface area contributed by atoms with Gasteiger partial charge in [0.15, 0.2) is 11.5 Å². The van der Waals surface area contributed by atoms with E-state index in [2.05, 4.69) is 4.74 Å². The van der Waals surface area contributed by atoms with E-state index in [4.69, 9.17) is 4.74 Å². The number of thioether (sulfide) groups is 1. The zero-order valence-corrected chi connectivity index (χ0v) is 16.7. The number of hydrogen-bond acceptors (Lipinski definition) is 7. The minimum atomic E-state index is -0.998. The maximum absolute atomic E-state index is 12.5. The Kier molecular flexibility index (Phi) is 6.33. The molecule has 0 aliphatic carbocycles. The number of carbonyl (C=O) groups is 3. The molecule has 1 heterocycles. The number of aromatic hydroxyl groups is 1. The van der Waals surface area contributed by atoms with Gasteiger partial charge in [-0.2, -0.15) is 0 Å². The molecule has 1 saturated heterocycles. The van der Waals surface area contributed by atoms with Crippen LogP contribution in [0.25, 0.3) is 6.08 Å². The summed E-state index contributed by atoms with van der Waals surface area (Å²) in [4.78, 5) is 37.2. The van der Waals surface area contributed by atoms with Crippen LogP contribution in [0, 0.1) is 3.57 Å². The number of phenolic OH excluding ortho intramolecular Hbond substituents is 1. The quantitative estimate of drug-likeness (QED) is 0.396. The van der Waals surface area contributed by atoms with Crippen molar-refractivity contribution >= 4 is 57.5 Å². The summed E-state index contributed by atoms with van der Waals surface area (Å²) in [5, 5.41) is 9.44. The molecule has 1 aliphatic heterocycles. The Labute approximate surface area is 162 Å². The molecule has 1 N–H and O–H groups in total. The molecule has 0 unspecified atom stereocenters. The standard InChI is InChI=1S/C16H16INO6S/c1-4-24-11-6-9(5-10(17)13(11)19)7-12-14(20)18(16(22)25-12)8(2)15(21)23-3/h5-8,19H,4H2,1-3H3/b12-7+/t8-/m0/s1. The number of ether oxygens (including phenoxy) is 2. The molecule has 1 aliphatic rings. The highest BCUT2D eigenvalue weighted by atomic mass is 127. The first kappa shape index (κ1) is 19.6. The summed E-state index contributed by atoms with van der Waals surface area (Å²) in [6.07, 6.45) is 1.53. The molecule has 1 aromatic carbocycles. The smallest absolute Gasteiger partial charge is 0.328 e. The second-order valence-corrected chi connectivity index (χ2v) is 7.19. The number of hydrogen-bond donors (Lipinski definition) is 1. The van der Waals surface area contributed by atoms with Crippen LogP contribution < -0.4 is 4.74 Å². The molecule has 1 atom stereocenters. The Morgan fingerprint density at radius 3 is 2.72 bits per heavy atom. The number of halogens is 1. The highest BCUT2D eigenvalue weighted by Gasteiger charge is 2.41. The van der Waals surface area contributed by atoms with Gasteiger partial charge in [0.2, 0.25) is 0 Å². The molecule has 1 fully saturated rings. The Morgan fingerprint density at radius 2 is 2.12 bits per heavy atom. The molecule has 134 valence electrons. The van der Waals surface area contributed by atoms with Gasteiger partial charge >= 0.3 is 5.97 Å². The molecule has 1 aromatic rings. The monoisotopic (exact) mass is 477 g/mol. The fraction of sp³-hybridized carbons (Fsp3) is 0.312. The molecule has 0 radical (unpaired) electrons. The molecule has 9 heteroatoms. The van der Waals surface area contributed by atoms with Crippen molar-refractivity contribution < 1.29 is 29.0 Å². The van der Waals surface area contributed by atoms with E-state index in [0.29, 0.717) is 21.5 Å². The molecule has 0 bridgehead atoms. The summed E-state index contributed by atoms with van der Waals surface area (Å²) in [6, 6.07) is 2.25. The SMILES string of the molecule is CCOc1cc(/C=C2/SC(=O)N([C@@H](C)C(=O)OC)C2=O)cc(I)c1O. The highest BCUT2D eigenvalue weighted by molar-refractivity contribution is 14.1. The van der Waals surface area contributed by atoms with E-state index < -0.39 is 23.2 Å². The summed E-state index contributed by atoms with van der Waals surface area (Å²) < 4.78 is 10.5. The lowest BCUT2D eigenvalue weighted by molar-refractivity contribution is -0.148. The molecular formula is C16H16INO6S. The first-order chi connectivity index (χ1) is 11.8. The Bertz CT molecular complexity index is 763. The first-order valence-electron chi connectivity index (χ1n) is 7.30. The number of nitrogens with zero attached hydrogens (tertiary/aromatic N) is 1. The molecule has 2 amide bonds. The predicted octanol–water partition coefficient (Wildman–Crippen LogP) is 2.99. The highest BCUT2D eigenvalue weighted by Crippen LogP contribution is 2.37. The average Bonchev–Trinajstić information content (AvgIpc) is 2.84. The van der Waals surface area contributed by atoms with Crippen molar-refractivity contribution in [2.45, 2.75) is 19.9 Å². The van der Waals surface area contributed by atoms with Crippen LogP contribution in [0.4, 0.5) is 4.79 Å². The van der Waals surface area contributed by atoms with Crippen LogP contribution in [-0.4, -0.2) is 46.9 Å². The number of esters is 1. The van der Waals surface area contributed by atoms with Crippen molar-refractivity contribution in [2.75, 3.05) is 13.7 Å². The van der Waals surface area contributed by atoms with Gasteiger partial charge in [-0.15, -0.1) is 0 Å². The number of amides is 2. The lowest BCUT2D eigenvalue weighted by Crippen LogP contribution is -2.42. The van der Waals surface area contributed by atoms with Gasteiger partial charge < -0.3 is 14.6 Å². The van der Waals surface area contributed by atoms with E-state index in [-0.39, 0.29) is 10.7 Å². The summed E-state index contributed by atoms with van der Waals surface area (Å²) >= 11 is 2.70. The topological polar surface area (TPSA) is 93.1 Å². The lowest BCUT2D eigenvalue weighted by atomic mass is 10.1. The molecule has 7 nitrogen and oxygen atoms in total. The Balaban J connectivity index is 2.35. The van der Waals surface area contributed by atoms with Gasteiger partial charge in [0.25, 0.3) is 11.1 Å². The zero-order valence-electron chi connectivity index (χ0n) is 13.7. The van der Waals surface area contributed by atoms with Gasteiger partial charge in [-0.3, -0.25) is 14.5 Å². The number of phenols is 1. The second kappa shape index (κ2) is 8.09. The summed E-state index contributed by atoms with van der Waals surface area (Å²) in [5.74, 6) is -0.912. The van der Waals surface area contributed by atoms with E-state index in [1.807, 2.05) is 22.6 Å². The van der Waals surface area contributed by atoms with Gasteiger partial charge in [0.1, 0.15) is 6.04 Å². The van der Waals surface area contributed by atoms with Gasteiger partial charge in [-0.1, -0.05) is 0 Å². The Morgan fingerprint density at radius 1 is 1.44 bits per heavy atom. The molecule has 25 heavy (non-hydrogen) atoms. The maximum atomic E-state index is 12.5. The van der Waals surface area contributed by atoms with Crippen LogP contribution in [0.2, 0.25) is 0 Å². The normalized spacial score (nSPS) is 17.1. The number of imide groups is 1. The van der Waals surface area contributed by atoms with Crippen LogP contribution in [0.15, 0.2) is 17.0 Å². The van der Waals surface area contributed by atoms with Crippen molar-refractivity contribution in [3.8, 4) is 11.5 Å². The Hall–Kier alpha value is -1.75. The van der Waals surface area contributed by atoms with Crippen LogP contribution in [-0.2, 0) is 14.3 Å². The van der Waals surface area contributed by atoms with Gasteiger partial charge in [0, 0.05) is 0 Å². The summed E-state index contributed by atoms with van der Waals surface area (Å²) in [5.41, 5.74) is 0.599. The number of carbonyl (C=O) groups excluding carboxylic acids is 3. The van der Waals surface area contributed by atoms with Crippen molar-refractivity contribution in [1.82, 2.24) is 4.90 Å². The fourth-order valence-corrected chi connectivity index (χ4v) is 3.72. The summed E-state index contributed by atoms with van der Waals surface area (Å²) in [7, 11) is 1.20. The third-order valence-electron chi connectivity index (χ3n) is 3.40. The zero-order chi connectivity index (χ0) is 18.7. The lowest BCUT2D eigenvalue weighted by Gasteiger charge is -2.18. The third-order valence-corrected chi connectivity index (χ3v) is 5.11. The minimum absolute atomic E-state index is 0.0204. The number of methoxy groups -OCH3 is 1. The van der Waals surface area contributed by atoms with Crippen LogP contribution in [0.3, 0.4) is 0 Å². The van der Waals surface area contributed by atoms with E-state index in [1.54, 1.807) is 19.1 Å². The van der Waals surface area contributed by atoms with Crippen LogP contribution in [0.1, 0.15) is 19.4 Å². The largest absolute Gasteiger partial charge is 0.504 e. The van der Waals surface area contributed by atoms with Gasteiger partial charge in [-0.05, 0) is 72.0 Å². The van der Waals surface area contributed by atoms with E-state index in [1.165, 1.54) is 20.1 Å². The number of rotatable bonds is 5. The molecule has 0 spiro atoms. The third kappa shape index (κ3) is 4.09. The maximum Gasteiger partial charge on any atom is 0.328 e. The second-order valence-electron chi connectivity index (χ2n) is 5.03. The molecular weight excluding hydrogens is 461 g/mol. The fourth-order valence-electron chi connectivity index (χ4n) is 2.18. The van der Waals surface area contributed by atoms with Crippen molar-refractivity contribution in [3.63, 3.8) is 0 Å². The molecule has 0 aromatic heterocycles. The molecule has 0 saturated carbocycles. The van der Waals surface area contributed by atoms with E-state index in [0.717, 1.165) is 16.7 Å². The van der Waals surface area contributed by atoms with Crippen molar-refractivity contribution in [1.29, 1.82) is 0 Å². The average molecular weight is 477 g/mol. The predicted molar refractivity (Wildman–Crippen MR) is 101 cm³/mol. The minimum Gasteiger partial charge on any atom is -0.504 e. The van der Waals surface area contributed by atoms with Crippen molar-refractivity contribution in [3.05, 3.63) is 26.2 Å². The van der Waals surface area contributed by atoms with Crippen molar-refractivity contribution in [2.24, 2.45) is 0 Å². The summed E-state index contributed by atoms with van der Waals surface area (Å²) in [6.45, 7) is 3.60. The van der Waals surface area contributed by atoms with Crippen LogP contribution in [0.5, 0.6) is 11.5 Å².